The van der Waals surface area contributed by atoms with Crippen molar-refractivity contribution in [1.82, 2.24) is 0 Å². The Balaban J connectivity index is 1.39. The number of ether oxygens (including phenoxy) is 2. The molecule has 0 N–H and O–H groups in total. The molecule has 152 valence electrons. The quantitative estimate of drug-likeness (QED) is 0.492. The fourth-order valence-electron chi connectivity index (χ4n) is 4.34. The van der Waals surface area contributed by atoms with Crippen molar-refractivity contribution in [2.75, 3.05) is 13.7 Å². The van der Waals surface area contributed by atoms with E-state index in [0.717, 1.165) is 36.8 Å². The number of methoxy groups -OCH3 is 1. The third-order valence-electron chi connectivity index (χ3n) is 6.42. The van der Waals surface area contributed by atoms with Crippen LogP contribution in [-0.2, 0) is 9.53 Å². The van der Waals surface area contributed by atoms with E-state index in [9.17, 15) is 4.79 Å². The lowest BCUT2D eigenvalue weighted by molar-refractivity contribution is -0.143. The van der Waals surface area contributed by atoms with Gasteiger partial charge in [-0.2, -0.15) is 0 Å². The summed E-state index contributed by atoms with van der Waals surface area (Å²) < 4.78 is 10.7. The SMILES string of the molecule is CCC1CCC(CCC(=O)OCC2=CC=C(c3ccc(OC)cc3)CC2)CC1. The van der Waals surface area contributed by atoms with Crippen molar-refractivity contribution in [2.45, 2.75) is 64.7 Å². The second kappa shape index (κ2) is 10.5. The van der Waals surface area contributed by atoms with Crippen LogP contribution in [0.2, 0.25) is 0 Å². The summed E-state index contributed by atoms with van der Waals surface area (Å²) in [5, 5.41) is 0. The van der Waals surface area contributed by atoms with E-state index < -0.39 is 0 Å². The van der Waals surface area contributed by atoms with Crippen molar-refractivity contribution in [3.05, 3.63) is 47.6 Å². The summed E-state index contributed by atoms with van der Waals surface area (Å²) in [5.41, 5.74) is 3.75. The molecule has 0 aliphatic heterocycles. The van der Waals surface area contributed by atoms with E-state index in [4.69, 9.17) is 9.47 Å². The molecule has 0 amide bonds. The predicted octanol–water partition coefficient (Wildman–Crippen LogP) is 6.34. The van der Waals surface area contributed by atoms with Gasteiger partial charge in [0.1, 0.15) is 12.4 Å². The summed E-state index contributed by atoms with van der Waals surface area (Å²) in [6.45, 7) is 2.73. The van der Waals surface area contributed by atoms with E-state index in [2.05, 4.69) is 31.2 Å². The predicted molar refractivity (Wildman–Crippen MR) is 114 cm³/mol. The average molecular weight is 383 g/mol. The molecular formula is C25H34O3. The Morgan fingerprint density at radius 3 is 2.32 bits per heavy atom. The number of hydrogen-bond acceptors (Lipinski definition) is 3. The molecule has 1 aromatic carbocycles. The van der Waals surface area contributed by atoms with Crippen molar-refractivity contribution in [2.24, 2.45) is 11.8 Å². The highest BCUT2D eigenvalue weighted by molar-refractivity contribution is 5.70. The number of rotatable bonds is 8. The van der Waals surface area contributed by atoms with Crippen molar-refractivity contribution in [1.29, 1.82) is 0 Å². The van der Waals surface area contributed by atoms with E-state index >= 15 is 0 Å². The van der Waals surface area contributed by atoms with E-state index in [-0.39, 0.29) is 5.97 Å². The molecule has 2 aliphatic carbocycles. The molecular weight excluding hydrogens is 348 g/mol. The molecule has 28 heavy (non-hydrogen) atoms. The Labute approximate surface area is 169 Å². The minimum atomic E-state index is -0.0385. The highest BCUT2D eigenvalue weighted by Crippen LogP contribution is 2.33. The second-order valence-electron chi connectivity index (χ2n) is 8.24. The van der Waals surface area contributed by atoms with Gasteiger partial charge in [-0.1, -0.05) is 63.3 Å². The molecule has 0 heterocycles. The van der Waals surface area contributed by atoms with Crippen molar-refractivity contribution in [3.8, 4) is 5.75 Å². The number of hydrogen-bond donors (Lipinski definition) is 0. The van der Waals surface area contributed by atoms with Crippen LogP contribution in [0.15, 0.2) is 42.0 Å². The van der Waals surface area contributed by atoms with Gasteiger partial charge < -0.3 is 9.47 Å². The normalized spacial score (nSPS) is 22.2. The first-order valence-electron chi connectivity index (χ1n) is 10.9. The lowest BCUT2D eigenvalue weighted by atomic mass is 9.79. The van der Waals surface area contributed by atoms with Gasteiger partial charge in [0.05, 0.1) is 7.11 Å². The van der Waals surface area contributed by atoms with Gasteiger partial charge in [0.25, 0.3) is 0 Å². The summed E-state index contributed by atoms with van der Waals surface area (Å²) in [6, 6.07) is 8.17. The molecule has 0 radical (unpaired) electrons. The van der Waals surface area contributed by atoms with Gasteiger partial charge in [0, 0.05) is 6.42 Å². The maximum atomic E-state index is 12.1. The largest absolute Gasteiger partial charge is 0.497 e. The third kappa shape index (κ3) is 5.98. The fourth-order valence-corrected chi connectivity index (χ4v) is 4.34. The molecule has 0 spiro atoms. The molecule has 0 aromatic heterocycles. The van der Waals surface area contributed by atoms with Gasteiger partial charge >= 0.3 is 5.97 Å². The van der Waals surface area contributed by atoms with Crippen LogP contribution >= 0.6 is 0 Å². The van der Waals surface area contributed by atoms with Gasteiger partial charge in [0.2, 0.25) is 0 Å². The third-order valence-corrected chi connectivity index (χ3v) is 6.42. The summed E-state index contributed by atoms with van der Waals surface area (Å²) in [7, 11) is 1.68. The number of carbonyl (C=O) groups is 1. The summed E-state index contributed by atoms with van der Waals surface area (Å²) in [6.07, 6.45) is 14.3. The first-order chi connectivity index (χ1) is 13.7. The number of esters is 1. The van der Waals surface area contributed by atoms with Crippen LogP contribution in [0.1, 0.15) is 70.3 Å². The maximum absolute atomic E-state index is 12.1. The van der Waals surface area contributed by atoms with E-state index in [0.29, 0.717) is 13.0 Å². The van der Waals surface area contributed by atoms with Crippen LogP contribution in [0.25, 0.3) is 5.57 Å². The number of benzene rings is 1. The Kier molecular flexibility index (Phi) is 7.76. The van der Waals surface area contributed by atoms with E-state index in [1.807, 2.05) is 12.1 Å². The number of carbonyl (C=O) groups excluding carboxylic acids is 1. The minimum Gasteiger partial charge on any atom is -0.497 e. The van der Waals surface area contributed by atoms with E-state index in [1.54, 1.807) is 7.11 Å². The van der Waals surface area contributed by atoms with E-state index in [1.165, 1.54) is 48.8 Å². The van der Waals surface area contributed by atoms with Crippen LogP contribution < -0.4 is 4.74 Å². The standard InChI is InChI=1S/C25H34O3/c1-3-19-4-6-20(7-5-19)10-17-25(26)28-18-21-8-11-22(12-9-21)23-13-15-24(27-2)16-14-23/h8,11,13-16,19-20H,3-7,9-10,12,17-18H2,1-2H3. The van der Waals surface area contributed by atoms with Gasteiger partial charge in [-0.15, -0.1) is 0 Å². The zero-order valence-electron chi connectivity index (χ0n) is 17.4. The van der Waals surface area contributed by atoms with Crippen molar-refractivity contribution >= 4 is 11.5 Å². The Morgan fingerprint density at radius 2 is 1.71 bits per heavy atom. The van der Waals surface area contributed by atoms with Crippen LogP contribution in [0.5, 0.6) is 5.75 Å². The highest BCUT2D eigenvalue weighted by atomic mass is 16.5. The van der Waals surface area contributed by atoms with Crippen LogP contribution in [0.3, 0.4) is 0 Å². The molecule has 2 aliphatic rings. The van der Waals surface area contributed by atoms with Gasteiger partial charge in [0.15, 0.2) is 0 Å². The molecule has 3 heteroatoms. The van der Waals surface area contributed by atoms with Gasteiger partial charge in [-0.05, 0) is 59.9 Å². The van der Waals surface area contributed by atoms with Gasteiger partial charge in [-0.3, -0.25) is 4.79 Å². The summed E-state index contributed by atoms with van der Waals surface area (Å²) in [4.78, 5) is 12.1. The summed E-state index contributed by atoms with van der Waals surface area (Å²) in [5.74, 6) is 2.47. The molecule has 0 bridgehead atoms. The summed E-state index contributed by atoms with van der Waals surface area (Å²) >= 11 is 0. The Morgan fingerprint density at radius 1 is 1.00 bits per heavy atom. The lowest BCUT2D eigenvalue weighted by Gasteiger charge is -2.27. The minimum absolute atomic E-state index is 0.0385. The fraction of sp³-hybridized carbons (Fsp3) is 0.560. The van der Waals surface area contributed by atoms with Crippen molar-refractivity contribution < 1.29 is 14.3 Å². The molecule has 1 fully saturated rings. The van der Waals surface area contributed by atoms with Crippen LogP contribution in [0, 0.1) is 11.8 Å². The van der Waals surface area contributed by atoms with Crippen LogP contribution in [-0.4, -0.2) is 19.7 Å². The first-order valence-corrected chi connectivity index (χ1v) is 10.9. The lowest BCUT2D eigenvalue weighted by Crippen LogP contribution is -2.16. The first kappa shape index (κ1) is 20.7. The van der Waals surface area contributed by atoms with Gasteiger partial charge in [-0.25, -0.2) is 0 Å². The highest BCUT2D eigenvalue weighted by Gasteiger charge is 2.21. The smallest absolute Gasteiger partial charge is 0.306 e. The molecule has 3 nitrogen and oxygen atoms in total. The molecule has 3 rings (SSSR count). The average Bonchev–Trinajstić information content (AvgIpc) is 2.77. The molecule has 1 aromatic rings. The Hall–Kier alpha value is -2.03. The molecule has 0 saturated heterocycles. The zero-order chi connectivity index (χ0) is 19.8. The second-order valence-corrected chi connectivity index (χ2v) is 8.24. The molecule has 1 saturated carbocycles. The van der Waals surface area contributed by atoms with Crippen molar-refractivity contribution in [3.63, 3.8) is 0 Å². The molecule has 0 unspecified atom stereocenters. The zero-order valence-corrected chi connectivity index (χ0v) is 17.4. The monoisotopic (exact) mass is 382 g/mol. The maximum Gasteiger partial charge on any atom is 0.306 e. The van der Waals surface area contributed by atoms with Crippen LogP contribution in [0.4, 0.5) is 0 Å². The topological polar surface area (TPSA) is 35.5 Å². The number of allylic oxidation sites excluding steroid dienone is 3. The molecule has 0 atom stereocenters. The Bertz CT molecular complexity index is 691.